The number of hydrogen-bond acceptors (Lipinski definition) is 13. The second kappa shape index (κ2) is 19.4. The van der Waals surface area contributed by atoms with Gasteiger partial charge in [0.05, 0.1) is 28.2 Å². The van der Waals surface area contributed by atoms with Gasteiger partial charge in [0.2, 0.25) is 12.6 Å². The standard InChI is InChI=1S/C29H28O8.C15H18O5/c1-19(34-25(30)20-13-7-4-8-14-20)23-24(36-26(31)21-15-9-5-10-16-21)29(2,28(33-3)35-23)37-27(32)22-17-11-6-12-18-22;1-9-12(16)15(18-3)20-13(9)10(2)19-14(17)11-7-5-4-6-8-11/h4-19,23-24,28H,1-3H3;4-10,13,15H,1-3H3/t19?,23-,24-,28+,29-;9-,10?,13-,15-/m10/s1. The first-order chi connectivity index (χ1) is 27.4. The van der Waals surface area contributed by atoms with Crippen LogP contribution in [0, 0.1) is 5.92 Å². The van der Waals surface area contributed by atoms with Crippen molar-refractivity contribution in [3.63, 3.8) is 0 Å². The first-order valence-electron chi connectivity index (χ1n) is 18.3. The lowest BCUT2D eigenvalue weighted by Gasteiger charge is -2.34. The average Bonchev–Trinajstić information content (AvgIpc) is 3.69. The van der Waals surface area contributed by atoms with Crippen LogP contribution < -0.4 is 0 Å². The summed E-state index contributed by atoms with van der Waals surface area (Å²) in [5.74, 6) is -2.79. The van der Waals surface area contributed by atoms with Crippen LogP contribution in [0.2, 0.25) is 0 Å². The third-order valence-electron chi connectivity index (χ3n) is 9.59. The third-order valence-corrected chi connectivity index (χ3v) is 9.59. The zero-order valence-electron chi connectivity index (χ0n) is 32.5. The Bertz CT molecular complexity index is 1960. The van der Waals surface area contributed by atoms with Gasteiger partial charge in [0, 0.05) is 14.2 Å². The highest BCUT2D eigenvalue weighted by Crippen LogP contribution is 2.40. The summed E-state index contributed by atoms with van der Waals surface area (Å²) < 4.78 is 44.8. The summed E-state index contributed by atoms with van der Waals surface area (Å²) in [5, 5.41) is 0. The summed E-state index contributed by atoms with van der Waals surface area (Å²) >= 11 is 0. The van der Waals surface area contributed by atoms with Gasteiger partial charge in [-0.25, -0.2) is 19.2 Å². The maximum atomic E-state index is 13.1. The van der Waals surface area contributed by atoms with Crippen LogP contribution in [-0.2, 0) is 42.7 Å². The van der Waals surface area contributed by atoms with E-state index in [1.165, 1.54) is 14.2 Å². The van der Waals surface area contributed by atoms with E-state index >= 15 is 0 Å². The molecule has 0 radical (unpaired) electrons. The summed E-state index contributed by atoms with van der Waals surface area (Å²) in [6, 6.07) is 34.0. The van der Waals surface area contributed by atoms with Gasteiger partial charge in [0.15, 0.2) is 17.5 Å². The topological polar surface area (TPSA) is 159 Å². The molecule has 0 bridgehead atoms. The van der Waals surface area contributed by atoms with Crippen molar-refractivity contribution in [1.82, 2.24) is 0 Å². The Balaban J connectivity index is 0.000000261. The number of rotatable bonds is 12. The number of ether oxygens (including phenoxy) is 8. The predicted octanol–water partition coefficient (Wildman–Crippen LogP) is 6.25. The number of methoxy groups -OCH3 is 2. The molecule has 0 aliphatic carbocycles. The SMILES string of the molecule is CO[C@H]1O[C@H](C(C)OC(=O)c2ccccc2)[C@@H](C)C1=O.CO[C@H]1O[C@H](C(C)OC(=O)c2ccccc2)[C@@H](OC(=O)c2ccccc2)[C@@]1(C)OC(=O)c1ccccc1. The Kier molecular flexibility index (Phi) is 14.5. The van der Waals surface area contributed by atoms with Gasteiger partial charge in [-0.3, -0.25) is 4.79 Å². The van der Waals surface area contributed by atoms with Crippen molar-refractivity contribution in [1.29, 1.82) is 0 Å². The molecule has 57 heavy (non-hydrogen) atoms. The molecule has 13 heteroatoms. The lowest BCUT2D eigenvalue weighted by molar-refractivity contribution is -0.191. The van der Waals surface area contributed by atoms with E-state index in [1.807, 2.05) is 6.07 Å². The molecule has 2 aliphatic rings. The molecule has 0 spiro atoms. The average molecular weight is 783 g/mol. The summed E-state index contributed by atoms with van der Waals surface area (Å²) in [7, 11) is 2.80. The van der Waals surface area contributed by atoms with E-state index in [4.69, 9.17) is 37.9 Å². The van der Waals surface area contributed by atoms with Crippen molar-refractivity contribution in [2.75, 3.05) is 14.2 Å². The monoisotopic (exact) mass is 782 g/mol. The molecule has 9 atom stereocenters. The molecule has 13 nitrogen and oxygen atoms in total. The fraction of sp³-hybridized carbons (Fsp3) is 0.341. The molecular formula is C44H46O13. The highest BCUT2D eigenvalue weighted by molar-refractivity contribution is 5.91. The number of carbonyl (C=O) groups is 5. The molecule has 0 amide bonds. The first kappa shape index (κ1) is 42.4. The number of hydrogen-bond donors (Lipinski definition) is 0. The summed E-state index contributed by atoms with van der Waals surface area (Å²) in [4.78, 5) is 62.6. The van der Waals surface area contributed by atoms with Crippen LogP contribution in [-0.4, -0.2) is 92.6 Å². The van der Waals surface area contributed by atoms with E-state index in [9.17, 15) is 24.0 Å². The Hall–Kier alpha value is -5.73. The normalized spacial score (nSPS) is 24.9. The molecule has 300 valence electrons. The van der Waals surface area contributed by atoms with Crippen LogP contribution in [0.15, 0.2) is 121 Å². The van der Waals surface area contributed by atoms with Crippen LogP contribution in [0.4, 0.5) is 0 Å². The van der Waals surface area contributed by atoms with E-state index < -0.39 is 72.6 Å². The third kappa shape index (κ3) is 10.2. The molecule has 2 heterocycles. The number of benzene rings is 4. The number of Topliss-reactive ketones (excluding diaryl/α,β-unsaturated/α-hetero) is 1. The Morgan fingerprint density at radius 2 is 0.982 bits per heavy atom. The molecule has 0 aromatic heterocycles. The Morgan fingerprint density at radius 1 is 0.579 bits per heavy atom. The molecule has 2 aliphatic heterocycles. The van der Waals surface area contributed by atoms with Crippen molar-refractivity contribution >= 4 is 29.7 Å². The van der Waals surface area contributed by atoms with Crippen LogP contribution in [0.25, 0.3) is 0 Å². The first-order valence-corrected chi connectivity index (χ1v) is 18.3. The minimum absolute atomic E-state index is 0.125. The number of ketones is 1. The maximum Gasteiger partial charge on any atom is 0.338 e. The van der Waals surface area contributed by atoms with E-state index in [1.54, 1.807) is 143 Å². The molecule has 2 fully saturated rings. The fourth-order valence-corrected chi connectivity index (χ4v) is 6.49. The van der Waals surface area contributed by atoms with Crippen LogP contribution in [0.3, 0.4) is 0 Å². The van der Waals surface area contributed by atoms with E-state index in [0.717, 1.165) is 0 Å². The number of carbonyl (C=O) groups excluding carboxylic acids is 5. The maximum absolute atomic E-state index is 13.1. The van der Waals surface area contributed by atoms with Crippen molar-refractivity contribution < 1.29 is 61.9 Å². The molecule has 4 aromatic carbocycles. The Labute approximate surface area is 331 Å². The van der Waals surface area contributed by atoms with E-state index in [2.05, 4.69) is 0 Å². The second-order valence-corrected chi connectivity index (χ2v) is 13.6. The molecular weight excluding hydrogens is 736 g/mol. The zero-order chi connectivity index (χ0) is 41.1. The van der Waals surface area contributed by atoms with Crippen molar-refractivity contribution in [2.45, 2.75) is 76.4 Å². The van der Waals surface area contributed by atoms with Gasteiger partial charge in [-0.1, -0.05) is 79.7 Å². The smallest absolute Gasteiger partial charge is 0.338 e. The van der Waals surface area contributed by atoms with Gasteiger partial charge >= 0.3 is 23.9 Å². The Morgan fingerprint density at radius 3 is 1.39 bits per heavy atom. The zero-order valence-corrected chi connectivity index (χ0v) is 32.5. The summed E-state index contributed by atoms with van der Waals surface area (Å²) in [6.45, 7) is 6.65. The van der Waals surface area contributed by atoms with E-state index in [0.29, 0.717) is 22.3 Å². The summed E-state index contributed by atoms with van der Waals surface area (Å²) in [5.41, 5.74) is -0.137. The second-order valence-electron chi connectivity index (χ2n) is 13.6. The summed E-state index contributed by atoms with van der Waals surface area (Å²) in [6.07, 6.45) is -6.06. The van der Waals surface area contributed by atoms with Crippen molar-refractivity contribution in [3.8, 4) is 0 Å². The highest BCUT2D eigenvalue weighted by atomic mass is 16.7. The molecule has 2 unspecified atom stereocenters. The van der Waals surface area contributed by atoms with Gasteiger partial charge < -0.3 is 37.9 Å². The highest BCUT2D eigenvalue weighted by Gasteiger charge is 2.61. The van der Waals surface area contributed by atoms with Gasteiger partial charge in [-0.05, 0) is 69.3 Å². The predicted molar refractivity (Wildman–Crippen MR) is 204 cm³/mol. The molecule has 0 saturated carbocycles. The fourth-order valence-electron chi connectivity index (χ4n) is 6.49. The van der Waals surface area contributed by atoms with E-state index in [-0.39, 0.29) is 11.7 Å². The lowest BCUT2D eigenvalue weighted by Crippen LogP contribution is -2.53. The minimum atomic E-state index is -1.57. The lowest BCUT2D eigenvalue weighted by atomic mass is 9.94. The van der Waals surface area contributed by atoms with Crippen LogP contribution in [0.1, 0.15) is 69.1 Å². The van der Waals surface area contributed by atoms with Crippen LogP contribution >= 0.6 is 0 Å². The molecule has 0 N–H and O–H groups in total. The molecule has 2 saturated heterocycles. The van der Waals surface area contributed by atoms with Gasteiger partial charge in [-0.2, -0.15) is 0 Å². The molecule has 6 rings (SSSR count). The minimum Gasteiger partial charge on any atom is -0.456 e. The molecule has 4 aromatic rings. The largest absolute Gasteiger partial charge is 0.456 e. The van der Waals surface area contributed by atoms with Crippen molar-refractivity contribution in [3.05, 3.63) is 144 Å². The van der Waals surface area contributed by atoms with Gasteiger partial charge in [0.1, 0.15) is 24.4 Å². The van der Waals surface area contributed by atoms with Crippen LogP contribution in [0.5, 0.6) is 0 Å². The number of esters is 4. The van der Waals surface area contributed by atoms with Gasteiger partial charge in [0.25, 0.3) is 0 Å². The quantitative estimate of drug-likeness (QED) is 0.117. The van der Waals surface area contributed by atoms with Crippen molar-refractivity contribution in [2.24, 2.45) is 5.92 Å². The van der Waals surface area contributed by atoms with Gasteiger partial charge in [-0.15, -0.1) is 0 Å².